The maximum atomic E-state index is 13.3. The number of hydrogen-bond donors (Lipinski definition) is 1. The Morgan fingerprint density at radius 2 is 1.92 bits per heavy atom. The Balaban J connectivity index is 1.87. The summed E-state index contributed by atoms with van der Waals surface area (Å²) < 4.78 is 33.7. The lowest BCUT2D eigenvalue weighted by atomic mass is 10.0. The number of methoxy groups -OCH3 is 1. The molecular weight excluding hydrogens is 340 g/mol. The van der Waals surface area contributed by atoms with Gasteiger partial charge in [-0.1, -0.05) is 6.92 Å². The molecule has 1 amide bonds. The molecule has 1 aromatic rings. The first kappa shape index (κ1) is 18.4. The highest BCUT2D eigenvalue weighted by molar-refractivity contribution is 7.89. The predicted octanol–water partition coefficient (Wildman–Crippen LogP) is 2.67. The van der Waals surface area contributed by atoms with Crippen molar-refractivity contribution in [1.29, 1.82) is 0 Å². The number of carbonyl (C=O) groups is 1. The van der Waals surface area contributed by atoms with E-state index in [9.17, 15) is 13.2 Å². The van der Waals surface area contributed by atoms with Crippen LogP contribution in [-0.2, 0) is 19.6 Å². The second-order valence-corrected chi connectivity index (χ2v) is 8.74. The van der Waals surface area contributed by atoms with Gasteiger partial charge in [-0.25, -0.2) is 8.42 Å². The quantitative estimate of drug-likeness (QED) is 0.869. The molecule has 2 aliphatic heterocycles. The number of rotatable bonds is 5. The van der Waals surface area contributed by atoms with E-state index in [0.717, 1.165) is 25.7 Å². The van der Waals surface area contributed by atoms with Gasteiger partial charge in [0.2, 0.25) is 15.9 Å². The van der Waals surface area contributed by atoms with Gasteiger partial charge in [-0.15, -0.1) is 0 Å². The number of fused-ring (bicyclic) bond motifs is 2. The number of anilines is 1. The van der Waals surface area contributed by atoms with Crippen LogP contribution < -0.4 is 5.32 Å². The highest BCUT2D eigenvalue weighted by atomic mass is 32.2. The smallest absolute Gasteiger partial charge is 0.243 e. The third-order valence-electron chi connectivity index (χ3n) is 5.29. The Morgan fingerprint density at radius 1 is 1.28 bits per heavy atom. The second kappa shape index (κ2) is 7.05. The summed E-state index contributed by atoms with van der Waals surface area (Å²) in [5, 5.41) is 2.77. The lowest BCUT2D eigenvalue weighted by Gasteiger charge is -2.37. The molecule has 2 atom stereocenters. The molecule has 2 heterocycles. The zero-order valence-electron chi connectivity index (χ0n) is 15.0. The average Bonchev–Trinajstić information content (AvgIpc) is 2.86. The third-order valence-corrected chi connectivity index (χ3v) is 7.46. The molecule has 0 spiro atoms. The van der Waals surface area contributed by atoms with Crippen LogP contribution in [0.1, 0.15) is 44.6 Å². The van der Waals surface area contributed by atoms with E-state index in [4.69, 9.17) is 4.74 Å². The molecule has 2 unspecified atom stereocenters. The number of piperidine rings is 1. The van der Waals surface area contributed by atoms with Crippen LogP contribution in [0.3, 0.4) is 0 Å². The van der Waals surface area contributed by atoms with Crippen LogP contribution in [-0.4, -0.2) is 43.9 Å². The molecule has 2 bridgehead atoms. The molecule has 2 aliphatic rings. The number of ether oxygens (including phenoxy) is 1. The van der Waals surface area contributed by atoms with Gasteiger partial charge in [0.1, 0.15) is 0 Å². The molecule has 7 heteroatoms. The average molecular weight is 366 g/mol. The highest BCUT2D eigenvalue weighted by Gasteiger charge is 2.47. The zero-order valence-corrected chi connectivity index (χ0v) is 15.8. The second-order valence-electron chi connectivity index (χ2n) is 6.93. The van der Waals surface area contributed by atoms with Crippen molar-refractivity contribution in [2.45, 2.75) is 69.0 Å². The van der Waals surface area contributed by atoms with Crippen LogP contribution in [0.4, 0.5) is 5.69 Å². The number of amides is 1. The fraction of sp³-hybridized carbons (Fsp3) is 0.611. The fourth-order valence-electron chi connectivity index (χ4n) is 4.05. The predicted molar refractivity (Wildman–Crippen MR) is 96.0 cm³/mol. The van der Waals surface area contributed by atoms with Crippen molar-refractivity contribution in [2.24, 2.45) is 0 Å². The molecule has 2 fully saturated rings. The largest absolute Gasteiger partial charge is 0.381 e. The normalized spacial score (nSPS) is 26.6. The molecule has 25 heavy (non-hydrogen) atoms. The van der Waals surface area contributed by atoms with Crippen molar-refractivity contribution < 1.29 is 17.9 Å². The number of nitrogens with one attached hydrogen (secondary N) is 1. The van der Waals surface area contributed by atoms with E-state index in [0.29, 0.717) is 22.6 Å². The number of aryl methyl sites for hydroxylation is 1. The van der Waals surface area contributed by atoms with Gasteiger partial charge in [0.05, 0.1) is 11.0 Å². The molecule has 3 rings (SSSR count). The number of hydrogen-bond acceptors (Lipinski definition) is 4. The van der Waals surface area contributed by atoms with E-state index < -0.39 is 10.0 Å². The standard InChI is InChI=1S/C18H26N2O4S/c1-4-18(21)19-13-5-8-17(12(2)9-13)25(22,23)20-14-6-7-15(20)11-16(10-14)24-3/h5,8-9,14-16H,4,6-7,10-11H2,1-3H3,(H,19,21). The zero-order chi connectivity index (χ0) is 18.2. The van der Waals surface area contributed by atoms with Gasteiger partial charge in [-0.2, -0.15) is 4.31 Å². The summed E-state index contributed by atoms with van der Waals surface area (Å²) in [6.45, 7) is 3.55. The molecule has 2 saturated heterocycles. The van der Waals surface area contributed by atoms with Gasteiger partial charge in [0.15, 0.2) is 0 Å². The Hall–Kier alpha value is -1.44. The van der Waals surface area contributed by atoms with Crippen LogP contribution in [0, 0.1) is 6.92 Å². The van der Waals surface area contributed by atoms with E-state index in [1.807, 2.05) is 0 Å². The van der Waals surface area contributed by atoms with Gasteiger partial charge in [-0.05, 0) is 56.4 Å². The Bertz CT molecular complexity index is 748. The first-order valence-electron chi connectivity index (χ1n) is 8.83. The monoisotopic (exact) mass is 366 g/mol. The summed E-state index contributed by atoms with van der Waals surface area (Å²) >= 11 is 0. The number of benzene rings is 1. The van der Waals surface area contributed by atoms with E-state index >= 15 is 0 Å². The number of carbonyl (C=O) groups excluding carboxylic acids is 1. The molecule has 1 N–H and O–H groups in total. The molecular formula is C18H26N2O4S. The SMILES string of the molecule is CCC(=O)Nc1ccc(S(=O)(=O)N2C3CCC2CC(OC)C3)c(C)c1. The highest BCUT2D eigenvalue weighted by Crippen LogP contribution is 2.41. The first-order valence-corrected chi connectivity index (χ1v) is 10.3. The molecule has 0 aromatic heterocycles. The van der Waals surface area contributed by atoms with E-state index in [1.165, 1.54) is 0 Å². The van der Waals surface area contributed by atoms with Crippen LogP contribution >= 0.6 is 0 Å². The third kappa shape index (κ3) is 3.45. The van der Waals surface area contributed by atoms with Crippen molar-refractivity contribution in [3.05, 3.63) is 23.8 Å². The van der Waals surface area contributed by atoms with Gasteiger partial charge < -0.3 is 10.1 Å². The molecule has 0 aliphatic carbocycles. The van der Waals surface area contributed by atoms with Crippen molar-refractivity contribution in [2.75, 3.05) is 12.4 Å². The van der Waals surface area contributed by atoms with Gasteiger partial charge >= 0.3 is 0 Å². The number of sulfonamides is 1. The van der Waals surface area contributed by atoms with Crippen LogP contribution in [0.5, 0.6) is 0 Å². The Morgan fingerprint density at radius 3 is 2.44 bits per heavy atom. The molecule has 0 saturated carbocycles. The summed E-state index contributed by atoms with van der Waals surface area (Å²) in [5.41, 5.74) is 1.28. The maximum Gasteiger partial charge on any atom is 0.243 e. The maximum absolute atomic E-state index is 13.3. The summed E-state index contributed by atoms with van der Waals surface area (Å²) in [7, 11) is -1.85. The van der Waals surface area contributed by atoms with Crippen molar-refractivity contribution in [3.63, 3.8) is 0 Å². The van der Waals surface area contributed by atoms with Gasteiger partial charge in [-0.3, -0.25) is 4.79 Å². The van der Waals surface area contributed by atoms with E-state index in [2.05, 4.69) is 5.32 Å². The number of nitrogens with zero attached hydrogens (tertiary/aromatic N) is 1. The summed E-state index contributed by atoms with van der Waals surface area (Å²) in [4.78, 5) is 11.9. The van der Waals surface area contributed by atoms with Gasteiger partial charge in [0.25, 0.3) is 0 Å². The van der Waals surface area contributed by atoms with Crippen molar-refractivity contribution in [1.82, 2.24) is 4.31 Å². The van der Waals surface area contributed by atoms with Gasteiger partial charge in [0, 0.05) is 31.3 Å². The van der Waals surface area contributed by atoms with Crippen LogP contribution in [0.2, 0.25) is 0 Å². The van der Waals surface area contributed by atoms with Crippen molar-refractivity contribution >= 4 is 21.6 Å². The summed E-state index contributed by atoms with van der Waals surface area (Å²) in [6, 6.07) is 5.04. The van der Waals surface area contributed by atoms with E-state index in [1.54, 1.807) is 43.5 Å². The summed E-state index contributed by atoms with van der Waals surface area (Å²) in [5.74, 6) is -0.0883. The first-order chi connectivity index (χ1) is 11.9. The van der Waals surface area contributed by atoms with Crippen molar-refractivity contribution in [3.8, 4) is 0 Å². The molecule has 138 valence electrons. The molecule has 6 nitrogen and oxygen atoms in total. The summed E-state index contributed by atoms with van der Waals surface area (Å²) in [6.07, 6.45) is 3.85. The van der Waals surface area contributed by atoms with E-state index in [-0.39, 0.29) is 24.1 Å². The topological polar surface area (TPSA) is 75.7 Å². The van der Waals surface area contributed by atoms with Crippen LogP contribution in [0.25, 0.3) is 0 Å². The minimum Gasteiger partial charge on any atom is -0.381 e. The molecule has 0 radical (unpaired) electrons. The lowest BCUT2D eigenvalue weighted by molar-refractivity contribution is -0.115. The Kier molecular flexibility index (Phi) is 5.18. The molecule has 1 aromatic carbocycles. The minimum atomic E-state index is -3.55. The lowest BCUT2D eigenvalue weighted by Crippen LogP contribution is -2.48. The Labute approximate surface area is 149 Å². The van der Waals surface area contributed by atoms with Crippen LogP contribution in [0.15, 0.2) is 23.1 Å². The fourth-order valence-corrected chi connectivity index (χ4v) is 6.15. The minimum absolute atomic E-state index is 0.0209.